The lowest BCUT2D eigenvalue weighted by atomic mass is 10.1. The fourth-order valence-corrected chi connectivity index (χ4v) is 5.39. The lowest BCUT2D eigenvalue weighted by Gasteiger charge is -2.07. The molecule has 27 heavy (non-hydrogen) atoms. The van der Waals surface area contributed by atoms with E-state index in [4.69, 9.17) is 0 Å². The average molecular weight is 401 g/mol. The number of non-ortho nitro benzene ring substituents is 1. The van der Waals surface area contributed by atoms with Gasteiger partial charge in [-0.3, -0.25) is 24.3 Å². The molecule has 0 fully saturated rings. The Labute approximate surface area is 162 Å². The van der Waals surface area contributed by atoms with Crippen molar-refractivity contribution in [3.05, 3.63) is 60.7 Å². The molecule has 3 aromatic rings. The van der Waals surface area contributed by atoms with Gasteiger partial charge in [0.15, 0.2) is 10.9 Å². The van der Waals surface area contributed by atoms with Crippen LogP contribution in [0.5, 0.6) is 0 Å². The SMILES string of the molecule is Cn1c(SCC(=O)c2ccc([N+](=O)[O-])cc2)nc2sc3c(c2c1=O)CCC3. The molecule has 2 heterocycles. The van der Waals surface area contributed by atoms with Crippen LogP contribution in [0.2, 0.25) is 0 Å². The second kappa shape index (κ2) is 6.90. The molecule has 0 atom stereocenters. The van der Waals surface area contributed by atoms with Crippen LogP contribution in [-0.4, -0.2) is 26.0 Å². The van der Waals surface area contributed by atoms with E-state index in [0.717, 1.165) is 35.0 Å². The van der Waals surface area contributed by atoms with Gasteiger partial charge in [0.2, 0.25) is 0 Å². The van der Waals surface area contributed by atoms with Crippen LogP contribution in [0.1, 0.15) is 27.2 Å². The van der Waals surface area contributed by atoms with Crippen LogP contribution in [0.15, 0.2) is 34.2 Å². The second-order valence-electron chi connectivity index (χ2n) is 6.31. The van der Waals surface area contributed by atoms with Gasteiger partial charge in [0.05, 0.1) is 16.1 Å². The maximum absolute atomic E-state index is 12.8. The van der Waals surface area contributed by atoms with Crippen molar-refractivity contribution in [2.24, 2.45) is 7.05 Å². The minimum Gasteiger partial charge on any atom is -0.293 e. The molecule has 2 aromatic heterocycles. The fourth-order valence-electron chi connectivity index (χ4n) is 3.22. The summed E-state index contributed by atoms with van der Waals surface area (Å²) in [6, 6.07) is 5.51. The van der Waals surface area contributed by atoms with Gasteiger partial charge in [0.25, 0.3) is 11.2 Å². The Balaban J connectivity index is 1.57. The zero-order valence-electron chi connectivity index (χ0n) is 14.4. The Morgan fingerprint density at radius 3 is 2.78 bits per heavy atom. The highest BCUT2D eigenvalue weighted by molar-refractivity contribution is 7.99. The normalized spacial score (nSPS) is 13.1. The first-order valence-corrected chi connectivity index (χ1v) is 10.2. The lowest BCUT2D eigenvalue weighted by Crippen LogP contribution is -2.20. The topological polar surface area (TPSA) is 95.1 Å². The van der Waals surface area contributed by atoms with E-state index >= 15 is 0 Å². The molecular weight excluding hydrogens is 386 g/mol. The summed E-state index contributed by atoms with van der Waals surface area (Å²) in [7, 11) is 1.67. The number of nitro groups is 1. The summed E-state index contributed by atoms with van der Waals surface area (Å²) in [5.74, 6) is -0.0628. The number of fused-ring (bicyclic) bond motifs is 3. The van der Waals surface area contributed by atoms with E-state index in [1.807, 2.05) is 0 Å². The smallest absolute Gasteiger partial charge is 0.269 e. The Morgan fingerprint density at radius 2 is 2.07 bits per heavy atom. The van der Waals surface area contributed by atoms with Gasteiger partial charge in [-0.05, 0) is 37.0 Å². The number of Topliss-reactive ketones (excluding diaryl/α,β-unsaturated/α-hetero) is 1. The molecule has 0 saturated heterocycles. The molecule has 1 aromatic carbocycles. The summed E-state index contributed by atoms with van der Waals surface area (Å²) in [4.78, 5) is 41.9. The molecule has 138 valence electrons. The van der Waals surface area contributed by atoms with Crippen molar-refractivity contribution < 1.29 is 9.72 Å². The number of hydrogen-bond donors (Lipinski definition) is 0. The predicted molar refractivity (Wildman–Crippen MR) is 105 cm³/mol. The maximum atomic E-state index is 12.8. The standard InChI is InChI=1S/C18H15N3O4S2/c1-20-17(23)15-12-3-2-4-14(12)27-16(15)19-18(20)26-9-13(22)10-5-7-11(8-6-10)21(24)25/h5-8H,2-4,9H2,1H3. The minimum absolute atomic E-state index is 0.0561. The molecule has 0 bridgehead atoms. The van der Waals surface area contributed by atoms with Crippen LogP contribution in [0.4, 0.5) is 5.69 Å². The third-order valence-electron chi connectivity index (χ3n) is 4.64. The first kappa shape index (κ1) is 17.9. The molecule has 7 nitrogen and oxygen atoms in total. The van der Waals surface area contributed by atoms with Crippen LogP contribution in [0.3, 0.4) is 0 Å². The van der Waals surface area contributed by atoms with Gasteiger partial charge in [0.1, 0.15) is 4.83 Å². The largest absolute Gasteiger partial charge is 0.293 e. The number of thioether (sulfide) groups is 1. The lowest BCUT2D eigenvalue weighted by molar-refractivity contribution is -0.384. The highest BCUT2D eigenvalue weighted by Crippen LogP contribution is 2.35. The van der Waals surface area contributed by atoms with Crippen LogP contribution < -0.4 is 5.56 Å². The average Bonchev–Trinajstić information content (AvgIpc) is 3.24. The second-order valence-corrected chi connectivity index (χ2v) is 8.34. The van der Waals surface area contributed by atoms with Crippen molar-refractivity contribution >= 4 is 44.8 Å². The summed E-state index contributed by atoms with van der Waals surface area (Å²) < 4.78 is 1.50. The minimum atomic E-state index is -0.504. The van der Waals surface area contributed by atoms with Gasteiger partial charge >= 0.3 is 0 Å². The Hall–Kier alpha value is -2.52. The summed E-state index contributed by atoms with van der Waals surface area (Å²) in [6.07, 6.45) is 3.01. The van der Waals surface area contributed by atoms with E-state index < -0.39 is 4.92 Å². The number of aromatic nitrogens is 2. The van der Waals surface area contributed by atoms with E-state index in [1.165, 1.54) is 45.5 Å². The van der Waals surface area contributed by atoms with Gasteiger partial charge in [-0.2, -0.15) is 0 Å². The number of nitro benzene ring substituents is 1. The molecule has 0 radical (unpaired) electrons. The van der Waals surface area contributed by atoms with Crippen molar-refractivity contribution in [1.29, 1.82) is 0 Å². The van der Waals surface area contributed by atoms with Gasteiger partial charge in [0, 0.05) is 29.6 Å². The van der Waals surface area contributed by atoms with Crippen molar-refractivity contribution in [2.75, 3.05) is 5.75 Å². The number of thiophene rings is 1. The molecule has 0 aliphatic heterocycles. The van der Waals surface area contributed by atoms with Crippen LogP contribution >= 0.6 is 23.1 Å². The Kier molecular flexibility index (Phi) is 4.56. The maximum Gasteiger partial charge on any atom is 0.269 e. The molecule has 0 saturated carbocycles. The van der Waals surface area contributed by atoms with E-state index in [0.29, 0.717) is 10.7 Å². The van der Waals surface area contributed by atoms with Crippen molar-refractivity contribution in [3.8, 4) is 0 Å². The first-order chi connectivity index (χ1) is 13.0. The van der Waals surface area contributed by atoms with Gasteiger partial charge < -0.3 is 0 Å². The Bertz CT molecular complexity index is 1130. The molecular formula is C18H15N3O4S2. The molecule has 1 aliphatic carbocycles. The van der Waals surface area contributed by atoms with Crippen LogP contribution in [-0.2, 0) is 19.9 Å². The zero-order chi connectivity index (χ0) is 19.1. The number of rotatable bonds is 5. The van der Waals surface area contributed by atoms with Gasteiger partial charge in [-0.15, -0.1) is 11.3 Å². The summed E-state index contributed by atoms with van der Waals surface area (Å²) in [5, 5.41) is 11.9. The highest BCUT2D eigenvalue weighted by Gasteiger charge is 2.22. The van der Waals surface area contributed by atoms with Crippen LogP contribution in [0, 0.1) is 10.1 Å². The van der Waals surface area contributed by atoms with E-state index in [9.17, 15) is 19.7 Å². The molecule has 9 heteroatoms. The third kappa shape index (κ3) is 3.17. The molecule has 4 rings (SSSR count). The molecule has 1 aliphatic rings. The summed E-state index contributed by atoms with van der Waals surface area (Å²) >= 11 is 2.78. The van der Waals surface area contributed by atoms with Crippen molar-refractivity contribution in [3.63, 3.8) is 0 Å². The molecule has 0 N–H and O–H groups in total. The fraction of sp³-hybridized carbons (Fsp3) is 0.278. The third-order valence-corrected chi connectivity index (χ3v) is 6.85. The van der Waals surface area contributed by atoms with E-state index in [1.54, 1.807) is 18.4 Å². The van der Waals surface area contributed by atoms with Crippen LogP contribution in [0.25, 0.3) is 10.2 Å². The quantitative estimate of drug-likeness (QED) is 0.214. The Morgan fingerprint density at radius 1 is 1.33 bits per heavy atom. The number of ketones is 1. The van der Waals surface area contributed by atoms with E-state index in [2.05, 4.69) is 4.98 Å². The predicted octanol–water partition coefficient (Wildman–Crippen LogP) is 3.37. The number of benzene rings is 1. The zero-order valence-corrected chi connectivity index (χ0v) is 16.1. The first-order valence-electron chi connectivity index (χ1n) is 8.37. The molecule has 0 amide bonds. The summed E-state index contributed by atoms with van der Waals surface area (Å²) in [5.41, 5.74) is 1.42. The number of nitrogens with zero attached hydrogens (tertiary/aromatic N) is 3. The van der Waals surface area contributed by atoms with Crippen molar-refractivity contribution in [1.82, 2.24) is 9.55 Å². The number of hydrogen-bond acceptors (Lipinski definition) is 7. The molecule has 0 unspecified atom stereocenters. The summed E-state index contributed by atoms with van der Waals surface area (Å²) in [6.45, 7) is 0. The van der Waals surface area contributed by atoms with Crippen molar-refractivity contribution in [2.45, 2.75) is 24.4 Å². The number of carbonyl (C=O) groups excluding carboxylic acids is 1. The number of aryl methyl sites for hydroxylation is 2. The van der Waals surface area contributed by atoms with Gasteiger partial charge in [-0.25, -0.2) is 4.98 Å². The highest BCUT2D eigenvalue weighted by atomic mass is 32.2. The monoisotopic (exact) mass is 401 g/mol. The van der Waals surface area contributed by atoms with Gasteiger partial charge in [-0.1, -0.05) is 11.8 Å². The van der Waals surface area contributed by atoms with E-state index in [-0.39, 0.29) is 22.8 Å². The number of carbonyl (C=O) groups is 1. The molecule has 0 spiro atoms.